The van der Waals surface area contributed by atoms with E-state index in [1.165, 1.54) is 7.11 Å². The molecule has 18 heavy (non-hydrogen) atoms. The molecule has 0 saturated heterocycles. The fraction of sp³-hybridized carbons (Fsp3) is 0.545. The van der Waals surface area contributed by atoms with Crippen LogP contribution in [-0.4, -0.2) is 43.2 Å². The Balaban J connectivity index is 2.78. The van der Waals surface area contributed by atoms with Gasteiger partial charge in [0.1, 0.15) is 24.8 Å². The standard InChI is InChI=1S/C11H18N4O3/c1-4-12-8-5-9(13-6-11(16)18-3)15-10(14-8)7-17-2/h5H,4,6-7H2,1-3H3,(H2,12,13,14,15). The highest BCUT2D eigenvalue weighted by molar-refractivity contribution is 5.74. The molecule has 0 aliphatic heterocycles. The van der Waals surface area contributed by atoms with Gasteiger partial charge in [0.05, 0.1) is 7.11 Å². The Morgan fingerprint density at radius 2 is 1.94 bits per heavy atom. The number of carbonyl (C=O) groups is 1. The third kappa shape index (κ3) is 4.54. The largest absolute Gasteiger partial charge is 0.468 e. The lowest BCUT2D eigenvalue weighted by Gasteiger charge is -2.09. The maximum atomic E-state index is 11.0. The van der Waals surface area contributed by atoms with Crippen molar-refractivity contribution in [1.29, 1.82) is 0 Å². The Bertz CT molecular complexity index is 374. The number of anilines is 2. The number of esters is 1. The van der Waals surface area contributed by atoms with Gasteiger partial charge >= 0.3 is 5.97 Å². The predicted octanol–water partition coefficient (Wildman–Crippen LogP) is 0.640. The molecule has 1 aromatic heterocycles. The van der Waals surface area contributed by atoms with Gasteiger partial charge in [0, 0.05) is 19.7 Å². The van der Waals surface area contributed by atoms with Crippen molar-refractivity contribution >= 4 is 17.6 Å². The van der Waals surface area contributed by atoms with Crippen LogP contribution in [-0.2, 0) is 20.9 Å². The maximum Gasteiger partial charge on any atom is 0.325 e. The smallest absolute Gasteiger partial charge is 0.325 e. The van der Waals surface area contributed by atoms with Crippen molar-refractivity contribution in [3.8, 4) is 0 Å². The van der Waals surface area contributed by atoms with E-state index in [1.807, 2.05) is 6.92 Å². The molecular formula is C11H18N4O3. The lowest BCUT2D eigenvalue weighted by Crippen LogP contribution is -2.17. The van der Waals surface area contributed by atoms with Gasteiger partial charge in [-0.1, -0.05) is 0 Å². The molecule has 1 aromatic rings. The molecule has 0 amide bonds. The third-order valence-electron chi connectivity index (χ3n) is 2.05. The van der Waals surface area contributed by atoms with Gasteiger partial charge in [-0.25, -0.2) is 9.97 Å². The molecule has 0 aromatic carbocycles. The van der Waals surface area contributed by atoms with Crippen LogP contribution in [0.2, 0.25) is 0 Å². The summed E-state index contributed by atoms with van der Waals surface area (Å²) in [5.74, 6) is 1.43. The van der Waals surface area contributed by atoms with E-state index in [0.29, 0.717) is 24.1 Å². The first kappa shape index (κ1) is 14.2. The first-order valence-corrected chi connectivity index (χ1v) is 5.61. The summed E-state index contributed by atoms with van der Waals surface area (Å²) < 4.78 is 9.53. The minimum absolute atomic E-state index is 0.0610. The van der Waals surface area contributed by atoms with Gasteiger partial charge in [0.25, 0.3) is 0 Å². The molecule has 0 aliphatic rings. The molecule has 0 fully saturated rings. The fourth-order valence-corrected chi connectivity index (χ4v) is 1.29. The number of hydrogen-bond acceptors (Lipinski definition) is 7. The summed E-state index contributed by atoms with van der Waals surface area (Å²) in [5, 5.41) is 5.96. The Morgan fingerprint density at radius 3 is 2.50 bits per heavy atom. The van der Waals surface area contributed by atoms with Crippen LogP contribution in [0.4, 0.5) is 11.6 Å². The summed E-state index contributed by atoms with van der Waals surface area (Å²) in [7, 11) is 2.91. The number of aromatic nitrogens is 2. The average molecular weight is 254 g/mol. The molecule has 0 aliphatic carbocycles. The van der Waals surface area contributed by atoms with E-state index >= 15 is 0 Å². The third-order valence-corrected chi connectivity index (χ3v) is 2.05. The Labute approximate surface area is 106 Å². The van der Waals surface area contributed by atoms with Crippen molar-refractivity contribution in [2.24, 2.45) is 0 Å². The lowest BCUT2D eigenvalue weighted by atomic mass is 10.4. The molecule has 0 radical (unpaired) electrons. The summed E-state index contributed by atoms with van der Waals surface area (Å²) in [6.45, 7) is 3.09. The molecule has 0 spiro atoms. The van der Waals surface area contributed by atoms with E-state index < -0.39 is 0 Å². The number of methoxy groups -OCH3 is 2. The molecule has 1 rings (SSSR count). The predicted molar refractivity (Wildman–Crippen MR) is 67.4 cm³/mol. The monoisotopic (exact) mass is 254 g/mol. The quantitative estimate of drug-likeness (QED) is 0.690. The zero-order valence-electron chi connectivity index (χ0n) is 10.8. The second kappa shape index (κ2) is 7.44. The van der Waals surface area contributed by atoms with Gasteiger partial charge < -0.3 is 20.1 Å². The zero-order valence-corrected chi connectivity index (χ0v) is 10.8. The highest BCUT2D eigenvalue weighted by Gasteiger charge is 2.06. The van der Waals surface area contributed by atoms with Crippen LogP contribution in [0.15, 0.2) is 6.07 Å². The van der Waals surface area contributed by atoms with Crippen molar-refractivity contribution in [1.82, 2.24) is 9.97 Å². The van der Waals surface area contributed by atoms with Gasteiger partial charge in [-0.3, -0.25) is 4.79 Å². The Hall–Kier alpha value is -1.89. The first-order chi connectivity index (χ1) is 8.69. The summed E-state index contributed by atoms with van der Waals surface area (Å²) in [6, 6.07) is 1.73. The van der Waals surface area contributed by atoms with E-state index in [0.717, 1.165) is 6.54 Å². The number of nitrogens with one attached hydrogen (secondary N) is 2. The molecule has 7 nitrogen and oxygen atoms in total. The van der Waals surface area contributed by atoms with Crippen LogP contribution < -0.4 is 10.6 Å². The molecule has 100 valence electrons. The fourth-order valence-electron chi connectivity index (χ4n) is 1.29. The summed E-state index contributed by atoms with van der Waals surface area (Å²) in [4.78, 5) is 19.5. The number of nitrogens with zero attached hydrogens (tertiary/aromatic N) is 2. The van der Waals surface area contributed by atoms with Gasteiger partial charge in [0.15, 0.2) is 5.82 Å². The van der Waals surface area contributed by atoms with Crippen LogP contribution in [0.25, 0.3) is 0 Å². The number of rotatable bonds is 7. The van der Waals surface area contributed by atoms with Gasteiger partial charge in [-0.05, 0) is 6.92 Å². The highest BCUT2D eigenvalue weighted by Crippen LogP contribution is 2.11. The lowest BCUT2D eigenvalue weighted by molar-refractivity contribution is -0.138. The normalized spacial score (nSPS) is 9.94. The zero-order chi connectivity index (χ0) is 13.4. The summed E-state index contributed by atoms with van der Waals surface area (Å²) >= 11 is 0. The minimum Gasteiger partial charge on any atom is -0.468 e. The first-order valence-electron chi connectivity index (χ1n) is 5.61. The Kier molecular flexibility index (Phi) is 5.86. The molecule has 1 heterocycles. The molecular weight excluding hydrogens is 236 g/mol. The molecule has 0 saturated carbocycles. The van der Waals surface area contributed by atoms with E-state index in [4.69, 9.17) is 4.74 Å². The molecule has 7 heteroatoms. The molecule has 0 unspecified atom stereocenters. The van der Waals surface area contributed by atoms with Crippen molar-refractivity contribution in [2.45, 2.75) is 13.5 Å². The van der Waals surface area contributed by atoms with Crippen LogP contribution in [0.1, 0.15) is 12.7 Å². The molecule has 0 bridgehead atoms. The number of carbonyl (C=O) groups excluding carboxylic acids is 1. The van der Waals surface area contributed by atoms with Crippen LogP contribution >= 0.6 is 0 Å². The SMILES string of the molecule is CCNc1cc(NCC(=O)OC)nc(COC)n1. The van der Waals surface area contributed by atoms with Gasteiger partial charge in [0.2, 0.25) is 0 Å². The highest BCUT2D eigenvalue weighted by atomic mass is 16.5. The van der Waals surface area contributed by atoms with E-state index in [9.17, 15) is 4.79 Å². The second-order valence-corrected chi connectivity index (χ2v) is 3.45. The van der Waals surface area contributed by atoms with Crippen molar-refractivity contribution in [3.05, 3.63) is 11.9 Å². The Morgan fingerprint density at radius 1 is 1.28 bits per heavy atom. The average Bonchev–Trinajstić information content (AvgIpc) is 2.36. The summed E-state index contributed by atoms with van der Waals surface area (Å²) in [6.07, 6.45) is 0. The summed E-state index contributed by atoms with van der Waals surface area (Å²) in [5.41, 5.74) is 0. The van der Waals surface area contributed by atoms with E-state index in [-0.39, 0.29) is 12.5 Å². The minimum atomic E-state index is -0.355. The van der Waals surface area contributed by atoms with Crippen LogP contribution in [0, 0.1) is 0 Å². The van der Waals surface area contributed by atoms with Crippen molar-refractivity contribution < 1.29 is 14.3 Å². The molecule has 2 N–H and O–H groups in total. The van der Waals surface area contributed by atoms with Crippen molar-refractivity contribution in [3.63, 3.8) is 0 Å². The van der Waals surface area contributed by atoms with Gasteiger partial charge in [-0.2, -0.15) is 0 Å². The second-order valence-electron chi connectivity index (χ2n) is 3.45. The number of hydrogen-bond donors (Lipinski definition) is 2. The van der Waals surface area contributed by atoms with Crippen LogP contribution in [0.5, 0.6) is 0 Å². The maximum absolute atomic E-state index is 11.0. The van der Waals surface area contributed by atoms with E-state index in [2.05, 4.69) is 25.3 Å². The van der Waals surface area contributed by atoms with Gasteiger partial charge in [-0.15, -0.1) is 0 Å². The topological polar surface area (TPSA) is 85.4 Å². The number of ether oxygens (including phenoxy) is 2. The van der Waals surface area contributed by atoms with E-state index in [1.54, 1.807) is 13.2 Å². The van der Waals surface area contributed by atoms with Crippen molar-refractivity contribution in [2.75, 3.05) is 37.9 Å². The molecule has 0 atom stereocenters. The van der Waals surface area contributed by atoms with Crippen LogP contribution in [0.3, 0.4) is 0 Å².